The Bertz CT molecular complexity index is 354. The second-order valence-electron chi connectivity index (χ2n) is 4.73. The highest BCUT2D eigenvalue weighted by molar-refractivity contribution is 5.24. The van der Waals surface area contributed by atoms with E-state index in [1.165, 1.54) is 11.1 Å². The molecule has 1 aliphatic carbocycles. The summed E-state index contributed by atoms with van der Waals surface area (Å²) in [5.41, 5.74) is 2.48. The largest absolute Gasteiger partial charge is 0.392 e. The third kappa shape index (κ3) is 2.42. The first-order chi connectivity index (χ1) is 7.68. The standard InChI is InChI=1S/C13H20N2O/c1-9-6-7-14-8-11(9)10(2)15-12-4-3-5-13(12)16/h6-8,10,12-13,15-16H,3-5H2,1-2H3. The van der Waals surface area contributed by atoms with Gasteiger partial charge in [0.15, 0.2) is 0 Å². The van der Waals surface area contributed by atoms with Crippen molar-refractivity contribution in [2.45, 2.75) is 51.3 Å². The van der Waals surface area contributed by atoms with Crippen molar-refractivity contribution >= 4 is 0 Å². The molecule has 0 spiro atoms. The van der Waals surface area contributed by atoms with Gasteiger partial charge in [-0.3, -0.25) is 4.98 Å². The van der Waals surface area contributed by atoms with Gasteiger partial charge in [-0.25, -0.2) is 0 Å². The molecular weight excluding hydrogens is 200 g/mol. The highest BCUT2D eigenvalue weighted by atomic mass is 16.3. The first-order valence-corrected chi connectivity index (χ1v) is 6.03. The summed E-state index contributed by atoms with van der Waals surface area (Å²) >= 11 is 0. The minimum Gasteiger partial charge on any atom is -0.392 e. The average molecular weight is 220 g/mol. The monoisotopic (exact) mass is 220 g/mol. The van der Waals surface area contributed by atoms with Gasteiger partial charge in [0.1, 0.15) is 0 Å². The molecule has 0 bridgehead atoms. The summed E-state index contributed by atoms with van der Waals surface area (Å²) in [6.07, 6.45) is 6.67. The van der Waals surface area contributed by atoms with Gasteiger partial charge < -0.3 is 10.4 Å². The molecular formula is C13H20N2O. The van der Waals surface area contributed by atoms with E-state index in [9.17, 15) is 5.11 Å². The molecule has 3 atom stereocenters. The first kappa shape index (κ1) is 11.6. The van der Waals surface area contributed by atoms with Crippen LogP contribution in [-0.4, -0.2) is 22.2 Å². The number of aliphatic hydroxyl groups is 1. The van der Waals surface area contributed by atoms with Crippen molar-refractivity contribution in [3.05, 3.63) is 29.6 Å². The van der Waals surface area contributed by atoms with E-state index >= 15 is 0 Å². The normalized spacial score (nSPS) is 26.9. The molecule has 3 heteroatoms. The molecule has 3 unspecified atom stereocenters. The minimum absolute atomic E-state index is 0.181. The zero-order valence-electron chi connectivity index (χ0n) is 9.98. The Morgan fingerprint density at radius 2 is 2.31 bits per heavy atom. The van der Waals surface area contributed by atoms with Crippen molar-refractivity contribution in [2.75, 3.05) is 0 Å². The van der Waals surface area contributed by atoms with Crippen LogP contribution in [0.2, 0.25) is 0 Å². The van der Waals surface area contributed by atoms with E-state index in [2.05, 4.69) is 24.1 Å². The number of hydrogen-bond acceptors (Lipinski definition) is 3. The van der Waals surface area contributed by atoms with Crippen molar-refractivity contribution in [3.63, 3.8) is 0 Å². The van der Waals surface area contributed by atoms with Crippen LogP contribution in [0.15, 0.2) is 18.5 Å². The summed E-state index contributed by atoms with van der Waals surface area (Å²) in [4.78, 5) is 4.16. The number of rotatable bonds is 3. The van der Waals surface area contributed by atoms with Gasteiger partial charge in [0.05, 0.1) is 6.10 Å². The van der Waals surface area contributed by atoms with Gasteiger partial charge in [0, 0.05) is 24.5 Å². The fourth-order valence-corrected chi connectivity index (χ4v) is 2.48. The van der Waals surface area contributed by atoms with Crippen LogP contribution in [0, 0.1) is 6.92 Å². The van der Waals surface area contributed by atoms with Crippen LogP contribution in [0.1, 0.15) is 43.4 Å². The fourth-order valence-electron chi connectivity index (χ4n) is 2.48. The lowest BCUT2D eigenvalue weighted by atomic mass is 10.0. The number of aromatic nitrogens is 1. The van der Waals surface area contributed by atoms with Crippen LogP contribution >= 0.6 is 0 Å². The minimum atomic E-state index is -0.181. The quantitative estimate of drug-likeness (QED) is 0.818. The lowest BCUT2D eigenvalue weighted by Gasteiger charge is -2.23. The maximum atomic E-state index is 9.78. The summed E-state index contributed by atoms with van der Waals surface area (Å²) in [6.45, 7) is 4.23. The molecule has 16 heavy (non-hydrogen) atoms. The Labute approximate surface area is 96.9 Å². The fraction of sp³-hybridized carbons (Fsp3) is 0.615. The molecule has 88 valence electrons. The maximum Gasteiger partial charge on any atom is 0.0693 e. The summed E-state index contributed by atoms with van der Waals surface area (Å²) in [7, 11) is 0. The highest BCUT2D eigenvalue weighted by Gasteiger charge is 2.26. The Kier molecular flexibility index (Phi) is 3.56. The molecule has 0 amide bonds. The zero-order chi connectivity index (χ0) is 11.5. The third-order valence-electron chi connectivity index (χ3n) is 3.49. The topological polar surface area (TPSA) is 45.2 Å². The predicted molar refractivity (Wildman–Crippen MR) is 64.2 cm³/mol. The molecule has 0 saturated heterocycles. The Morgan fingerprint density at radius 3 is 2.94 bits per heavy atom. The van der Waals surface area contributed by atoms with Gasteiger partial charge in [0.25, 0.3) is 0 Å². The van der Waals surface area contributed by atoms with Crippen LogP contribution < -0.4 is 5.32 Å². The van der Waals surface area contributed by atoms with Gasteiger partial charge in [-0.2, -0.15) is 0 Å². The molecule has 1 heterocycles. The van der Waals surface area contributed by atoms with Gasteiger partial charge in [-0.05, 0) is 50.3 Å². The molecule has 1 aliphatic rings. The summed E-state index contributed by atoms with van der Waals surface area (Å²) in [5, 5.41) is 13.3. The lowest BCUT2D eigenvalue weighted by molar-refractivity contribution is 0.144. The van der Waals surface area contributed by atoms with E-state index in [0.29, 0.717) is 0 Å². The smallest absolute Gasteiger partial charge is 0.0693 e. The van der Waals surface area contributed by atoms with E-state index in [4.69, 9.17) is 0 Å². The van der Waals surface area contributed by atoms with Gasteiger partial charge >= 0.3 is 0 Å². The number of aliphatic hydroxyl groups excluding tert-OH is 1. The van der Waals surface area contributed by atoms with Crippen molar-refractivity contribution < 1.29 is 5.11 Å². The Balaban J connectivity index is 2.03. The number of nitrogens with one attached hydrogen (secondary N) is 1. The highest BCUT2D eigenvalue weighted by Crippen LogP contribution is 2.23. The Morgan fingerprint density at radius 1 is 1.50 bits per heavy atom. The van der Waals surface area contributed by atoms with Crippen molar-refractivity contribution in [1.29, 1.82) is 0 Å². The predicted octanol–water partition coefficient (Wildman–Crippen LogP) is 1.95. The van der Waals surface area contributed by atoms with Crippen LogP contribution in [-0.2, 0) is 0 Å². The van der Waals surface area contributed by atoms with Crippen molar-refractivity contribution in [1.82, 2.24) is 10.3 Å². The van der Waals surface area contributed by atoms with E-state index in [1.54, 1.807) is 0 Å². The van der Waals surface area contributed by atoms with Crippen LogP contribution in [0.25, 0.3) is 0 Å². The first-order valence-electron chi connectivity index (χ1n) is 6.03. The summed E-state index contributed by atoms with van der Waals surface area (Å²) < 4.78 is 0. The van der Waals surface area contributed by atoms with Gasteiger partial charge in [-0.15, -0.1) is 0 Å². The summed E-state index contributed by atoms with van der Waals surface area (Å²) in [5.74, 6) is 0. The molecule has 3 nitrogen and oxygen atoms in total. The second-order valence-corrected chi connectivity index (χ2v) is 4.73. The molecule has 2 rings (SSSR count). The number of pyridine rings is 1. The van der Waals surface area contributed by atoms with E-state index < -0.39 is 0 Å². The van der Waals surface area contributed by atoms with Crippen LogP contribution in [0.5, 0.6) is 0 Å². The second kappa shape index (κ2) is 4.93. The van der Waals surface area contributed by atoms with Gasteiger partial charge in [0.2, 0.25) is 0 Å². The Hall–Kier alpha value is -0.930. The number of aryl methyl sites for hydroxylation is 1. The molecule has 1 aromatic rings. The summed E-state index contributed by atoms with van der Waals surface area (Å²) in [6, 6.07) is 2.53. The van der Waals surface area contributed by atoms with E-state index in [-0.39, 0.29) is 18.2 Å². The third-order valence-corrected chi connectivity index (χ3v) is 3.49. The van der Waals surface area contributed by atoms with E-state index in [1.807, 2.05) is 18.5 Å². The molecule has 2 N–H and O–H groups in total. The molecule has 0 radical (unpaired) electrons. The number of nitrogens with zero attached hydrogens (tertiary/aromatic N) is 1. The average Bonchev–Trinajstić information content (AvgIpc) is 2.65. The van der Waals surface area contributed by atoms with Crippen LogP contribution in [0.4, 0.5) is 0 Å². The van der Waals surface area contributed by atoms with Crippen molar-refractivity contribution in [3.8, 4) is 0 Å². The maximum absolute atomic E-state index is 9.78. The lowest BCUT2D eigenvalue weighted by Crippen LogP contribution is -2.37. The number of hydrogen-bond donors (Lipinski definition) is 2. The molecule has 1 aromatic heterocycles. The van der Waals surface area contributed by atoms with Crippen LogP contribution in [0.3, 0.4) is 0 Å². The molecule has 0 aromatic carbocycles. The molecule has 1 fully saturated rings. The van der Waals surface area contributed by atoms with Gasteiger partial charge in [-0.1, -0.05) is 0 Å². The van der Waals surface area contributed by atoms with E-state index in [0.717, 1.165) is 19.3 Å². The molecule has 1 saturated carbocycles. The molecule has 0 aliphatic heterocycles. The SMILES string of the molecule is Cc1ccncc1C(C)NC1CCCC1O. The van der Waals surface area contributed by atoms with Crippen molar-refractivity contribution in [2.24, 2.45) is 0 Å². The zero-order valence-corrected chi connectivity index (χ0v) is 9.98.